The van der Waals surface area contributed by atoms with Crippen molar-refractivity contribution in [1.82, 2.24) is 15.5 Å². The number of unbranched alkanes of at least 4 members (excludes halogenated alkanes) is 1. The Balaban J connectivity index is 1.46. The number of nitrogens with zero attached hydrogens (tertiary/aromatic N) is 1. The molecule has 0 radical (unpaired) electrons. The third kappa shape index (κ3) is 10.6. The molecule has 46 heavy (non-hydrogen) atoms. The number of rotatable bonds is 16. The molecule has 0 saturated heterocycles. The van der Waals surface area contributed by atoms with E-state index in [4.69, 9.17) is 4.74 Å². The summed E-state index contributed by atoms with van der Waals surface area (Å²) in [6.45, 7) is 0.647. The van der Waals surface area contributed by atoms with Gasteiger partial charge < -0.3 is 30.2 Å². The first-order valence-corrected chi connectivity index (χ1v) is 15.3. The molecule has 0 saturated carbocycles. The molecule has 0 aromatic heterocycles. The lowest BCUT2D eigenvalue weighted by Gasteiger charge is -2.32. The SMILES string of the molecule is O=C[C@H](Cc1ccc(O)cc1)N(Cc1ccccc1)C(=O)[C@H](CCCCNC(=O)OCc1ccccc1)NC(=O)c1ccccc1. The molecule has 4 aromatic carbocycles. The van der Waals surface area contributed by atoms with Crippen LogP contribution >= 0.6 is 0 Å². The van der Waals surface area contributed by atoms with Crippen LogP contribution in [0.1, 0.15) is 46.3 Å². The summed E-state index contributed by atoms with van der Waals surface area (Å²) >= 11 is 0. The van der Waals surface area contributed by atoms with E-state index in [-0.39, 0.29) is 37.6 Å². The number of carbonyl (C=O) groups excluding carboxylic acids is 4. The topological polar surface area (TPSA) is 125 Å². The zero-order chi connectivity index (χ0) is 32.6. The van der Waals surface area contributed by atoms with Crippen molar-refractivity contribution in [3.05, 3.63) is 138 Å². The summed E-state index contributed by atoms with van der Waals surface area (Å²) in [4.78, 5) is 53.7. The van der Waals surface area contributed by atoms with E-state index in [0.717, 1.165) is 23.0 Å². The normalized spacial score (nSPS) is 11.9. The van der Waals surface area contributed by atoms with Crippen LogP contribution in [0, 0.1) is 0 Å². The van der Waals surface area contributed by atoms with Crippen LogP contribution in [0.5, 0.6) is 5.75 Å². The van der Waals surface area contributed by atoms with Gasteiger partial charge in [0.1, 0.15) is 24.7 Å². The number of amides is 3. The Morgan fingerprint density at radius 3 is 2.00 bits per heavy atom. The fourth-order valence-electron chi connectivity index (χ4n) is 4.97. The molecule has 0 bridgehead atoms. The van der Waals surface area contributed by atoms with Crippen molar-refractivity contribution in [1.29, 1.82) is 0 Å². The highest BCUT2D eigenvalue weighted by Crippen LogP contribution is 2.18. The van der Waals surface area contributed by atoms with Crippen molar-refractivity contribution in [3.8, 4) is 5.75 Å². The molecule has 238 valence electrons. The second-order valence-electron chi connectivity index (χ2n) is 10.9. The minimum Gasteiger partial charge on any atom is -0.508 e. The molecule has 9 heteroatoms. The van der Waals surface area contributed by atoms with Gasteiger partial charge in [0.15, 0.2) is 0 Å². The summed E-state index contributed by atoms with van der Waals surface area (Å²) in [5.74, 6) is -0.687. The van der Waals surface area contributed by atoms with E-state index in [2.05, 4.69) is 10.6 Å². The monoisotopic (exact) mass is 621 g/mol. The van der Waals surface area contributed by atoms with Crippen LogP contribution < -0.4 is 10.6 Å². The van der Waals surface area contributed by atoms with Gasteiger partial charge in [-0.3, -0.25) is 9.59 Å². The molecule has 0 aliphatic heterocycles. The third-order valence-electron chi connectivity index (χ3n) is 7.46. The minimum absolute atomic E-state index is 0.103. The number of hydrogen-bond acceptors (Lipinski definition) is 6. The minimum atomic E-state index is -0.927. The number of phenolic OH excluding ortho intramolecular Hbond substituents is 1. The van der Waals surface area contributed by atoms with E-state index < -0.39 is 24.1 Å². The lowest BCUT2D eigenvalue weighted by molar-refractivity contribution is -0.139. The standard InChI is InChI=1S/C37H39N3O6/c41-26-32(24-28-19-21-33(42)22-20-28)40(25-29-12-4-1-5-13-29)36(44)34(39-35(43)31-16-8-3-9-17-31)18-10-11-23-38-37(45)46-27-30-14-6-2-7-15-30/h1-9,12-17,19-22,26,32,34,42H,10-11,18,23-25,27H2,(H,38,45)(H,39,43)/t32-,34-/m0/s1. The van der Waals surface area contributed by atoms with E-state index >= 15 is 0 Å². The summed E-state index contributed by atoms with van der Waals surface area (Å²) in [5, 5.41) is 15.3. The molecule has 0 aliphatic rings. The molecule has 0 unspecified atom stereocenters. The van der Waals surface area contributed by atoms with Gasteiger partial charge >= 0.3 is 6.09 Å². The van der Waals surface area contributed by atoms with Crippen LogP contribution in [0.15, 0.2) is 115 Å². The van der Waals surface area contributed by atoms with Gasteiger partial charge in [-0.1, -0.05) is 91.0 Å². The Bertz CT molecular complexity index is 1530. The molecular formula is C37H39N3O6. The maximum absolute atomic E-state index is 14.3. The molecule has 0 heterocycles. The highest BCUT2D eigenvalue weighted by Gasteiger charge is 2.31. The van der Waals surface area contributed by atoms with Crippen LogP contribution in [-0.4, -0.2) is 52.8 Å². The predicted molar refractivity (Wildman–Crippen MR) is 175 cm³/mol. The zero-order valence-electron chi connectivity index (χ0n) is 25.6. The summed E-state index contributed by atoms with van der Waals surface area (Å²) in [6, 6.07) is 32.1. The van der Waals surface area contributed by atoms with Gasteiger partial charge in [0.05, 0.1) is 6.04 Å². The van der Waals surface area contributed by atoms with E-state index in [0.29, 0.717) is 24.9 Å². The zero-order valence-corrected chi connectivity index (χ0v) is 25.6. The molecular weight excluding hydrogens is 582 g/mol. The molecule has 9 nitrogen and oxygen atoms in total. The average molecular weight is 622 g/mol. The molecule has 2 atom stereocenters. The van der Waals surface area contributed by atoms with Crippen molar-refractivity contribution < 1.29 is 29.0 Å². The largest absolute Gasteiger partial charge is 0.508 e. The molecule has 3 amide bonds. The lowest BCUT2D eigenvalue weighted by atomic mass is 10.0. The number of carbonyl (C=O) groups is 4. The van der Waals surface area contributed by atoms with Gasteiger partial charge in [-0.25, -0.2) is 4.79 Å². The van der Waals surface area contributed by atoms with E-state index in [9.17, 15) is 24.3 Å². The molecule has 3 N–H and O–H groups in total. The van der Waals surface area contributed by atoms with E-state index in [1.807, 2.05) is 60.7 Å². The molecule has 4 aromatic rings. The third-order valence-corrected chi connectivity index (χ3v) is 7.46. The fraction of sp³-hybridized carbons (Fsp3) is 0.243. The highest BCUT2D eigenvalue weighted by molar-refractivity contribution is 5.97. The van der Waals surface area contributed by atoms with Crippen LogP contribution in [0.25, 0.3) is 0 Å². The Labute approximate surface area is 269 Å². The van der Waals surface area contributed by atoms with Crippen molar-refractivity contribution in [2.45, 2.75) is 50.9 Å². The Hall–Kier alpha value is -5.44. The number of alkyl carbamates (subject to hydrolysis) is 1. The Kier molecular flexibility index (Phi) is 12.9. The second kappa shape index (κ2) is 17.8. The lowest BCUT2D eigenvalue weighted by Crippen LogP contribution is -2.52. The number of nitrogens with one attached hydrogen (secondary N) is 2. The maximum atomic E-state index is 14.3. The number of aromatic hydroxyl groups is 1. The number of aldehydes is 1. The van der Waals surface area contributed by atoms with E-state index in [1.54, 1.807) is 42.5 Å². The smallest absolute Gasteiger partial charge is 0.407 e. The average Bonchev–Trinajstić information content (AvgIpc) is 3.10. The molecule has 0 aliphatic carbocycles. The number of phenols is 1. The molecule has 4 rings (SSSR count). The number of benzene rings is 4. The first kappa shape index (κ1) is 33.5. The van der Waals surface area contributed by atoms with Gasteiger partial charge in [0.25, 0.3) is 5.91 Å². The summed E-state index contributed by atoms with van der Waals surface area (Å²) in [7, 11) is 0. The summed E-state index contributed by atoms with van der Waals surface area (Å²) < 4.78 is 5.26. The number of hydrogen-bond donors (Lipinski definition) is 3. The predicted octanol–water partition coefficient (Wildman–Crippen LogP) is 5.43. The quantitative estimate of drug-likeness (QED) is 0.113. The molecule has 0 spiro atoms. The first-order valence-electron chi connectivity index (χ1n) is 15.3. The summed E-state index contributed by atoms with van der Waals surface area (Å²) in [6.07, 6.45) is 1.77. The van der Waals surface area contributed by atoms with Gasteiger partial charge in [-0.05, 0) is 66.6 Å². The number of ether oxygens (including phenoxy) is 1. The van der Waals surface area contributed by atoms with Gasteiger partial charge in [0, 0.05) is 18.7 Å². The van der Waals surface area contributed by atoms with Gasteiger partial charge in [0.2, 0.25) is 5.91 Å². The van der Waals surface area contributed by atoms with Crippen molar-refractivity contribution in [2.24, 2.45) is 0 Å². The van der Waals surface area contributed by atoms with Crippen LogP contribution in [-0.2, 0) is 33.9 Å². The van der Waals surface area contributed by atoms with Crippen molar-refractivity contribution in [2.75, 3.05) is 6.54 Å². The Morgan fingerprint density at radius 2 is 1.37 bits per heavy atom. The Morgan fingerprint density at radius 1 is 0.761 bits per heavy atom. The van der Waals surface area contributed by atoms with Gasteiger partial charge in [-0.15, -0.1) is 0 Å². The van der Waals surface area contributed by atoms with Crippen molar-refractivity contribution in [3.63, 3.8) is 0 Å². The highest BCUT2D eigenvalue weighted by atomic mass is 16.5. The van der Waals surface area contributed by atoms with Crippen LogP contribution in [0.3, 0.4) is 0 Å². The van der Waals surface area contributed by atoms with Gasteiger partial charge in [-0.2, -0.15) is 0 Å². The first-order chi connectivity index (χ1) is 22.4. The molecule has 0 fully saturated rings. The van der Waals surface area contributed by atoms with Crippen LogP contribution in [0.4, 0.5) is 4.79 Å². The maximum Gasteiger partial charge on any atom is 0.407 e. The fourth-order valence-corrected chi connectivity index (χ4v) is 4.97. The second-order valence-corrected chi connectivity index (χ2v) is 10.9. The van der Waals surface area contributed by atoms with Crippen LogP contribution in [0.2, 0.25) is 0 Å². The van der Waals surface area contributed by atoms with Crippen molar-refractivity contribution >= 4 is 24.2 Å². The van der Waals surface area contributed by atoms with E-state index in [1.165, 1.54) is 17.0 Å². The summed E-state index contributed by atoms with van der Waals surface area (Å²) in [5.41, 5.74) is 2.90.